The van der Waals surface area contributed by atoms with Crippen molar-refractivity contribution in [3.63, 3.8) is 0 Å². The second-order valence-electron chi connectivity index (χ2n) is 18.5. The third kappa shape index (κ3) is 35.0. The van der Waals surface area contributed by atoms with Crippen molar-refractivity contribution in [3.05, 3.63) is 0 Å². The van der Waals surface area contributed by atoms with E-state index in [0.29, 0.717) is 50.9 Å². The monoisotopic (exact) mass is 864 g/mol. The van der Waals surface area contributed by atoms with Crippen molar-refractivity contribution in [1.82, 2.24) is 4.90 Å². The molecule has 0 aromatic rings. The average molecular weight is 864 g/mol. The molecule has 0 N–H and O–H groups in total. The van der Waals surface area contributed by atoms with Gasteiger partial charge in [-0.1, -0.05) is 183 Å². The van der Waals surface area contributed by atoms with Gasteiger partial charge in [-0.25, -0.2) is 0 Å². The van der Waals surface area contributed by atoms with Gasteiger partial charge in [0.05, 0.1) is 25.7 Å². The molecule has 8 nitrogen and oxygen atoms in total. The number of unbranched alkanes of at least 4 members (excludes halogenated alkanes) is 18. The van der Waals surface area contributed by atoms with Crippen LogP contribution in [0.15, 0.2) is 0 Å². The lowest BCUT2D eigenvalue weighted by molar-refractivity contribution is -0.149. The SMILES string of the molecule is CCCCC(CC)COC(=O)CCCCCCCCC(CCCCCCCCC(=O)OCC(CC)CCCC)N(C)C(=O)CCCCCCCCOC(=O)C(CC)CCCC. The van der Waals surface area contributed by atoms with Crippen molar-refractivity contribution in [1.29, 1.82) is 0 Å². The maximum Gasteiger partial charge on any atom is 0.308 e. The lowest BCUT2D eigenvalue weighted by atomic mass is 9.98. The third-order valence-corrected chi connectivity index (χ3v) is 13.1. The van der Waals surface area contributed by atoms with E-state index >= 15 is 0 Å². The molecule has 0 aliphatic carbocycles. The van der Waals surface area contributed by atoms with Crippen molar-refractivity contribution in [2.45, 2.75) is 272 Å². The topological polar surface area (TPSA) is 99.2 Å². The quantitative estimate of drug-likeness (QED) is 0.0341. The van der Waals surface area contributed by atoms with Gasteiger partial charge >= 0.3 is 17.9 Å². The van der Waals surface area contributed by atoms with E-state index in [9.17, 15) is 19.2 Å². The van der Waals surface area contributed by atoms with Gasteiger partial charge in [-0.05, 0) is 76.0 Å². The van der Waals surface area contributed by atoms with E-state index < -0.39 is 0 Å². The highest BCUT2D eigenvalue weighted by molar-refractivity contribution is 5.76. The summed E-state index contributed by atoms with van der Waals surface area (Å²) >= 11 is 0. The second-order valence-corrected chi connectivity index (χ2v) is 18.5. The molecule has 0 aliphatic heterocycles. The van der Waals surface area contributed by atoms with E-state index in [-0.39, 0.29) is 35.8 Å². The van der Waals surface area contributed by atoms with Crippen molar-refractivity contribution in [3.8, 4) is 0 Å². The summed E-state index contributed by atoms with van der Waals surface area (Å²) in [5.41, 5.74) is 0. The van der Waals surface area contributed by atoms with Gasteiger partial charge in [0.25, 0.3) is 0 Å². The van der Waals surface area contributed by atoms with Crippen LogP contribution in [-0.2, 0) is 33.4 Å². The predicted molar refractivity (Wildman–Crippen MR) is 256 cm³/mol. The summed E-state index contributed by atoms with van der Waals surface area (Å²) in [5, 5.41) is 0. The molecule has 0 aliphatic rings. The number of hydrogen-bond acceptors (Lipinski definition) is 7. The van der Waals surface area contributed by atoms with Crippen LogP contribution in [0.4, 0.5) is 0 Å². The highest BCUT2D eigenvalue weighted by atomic mass is 16.5. The smallest absolute Gasteiger partial charge is 0.308 e. The van der Waals surface area contributed by atoms with Crippen molar-refractivity contribution in [2.24, 2.45) is 17.8 Å². The molecule has 8 heteroatoms. The minimum Gasteiger partial charge on any atom is -0.465 e. The number of carbonyl (C=O) groups excluding carboxylic acids is 4. The molecule has 0 saturated heterocycles. The minimum atomic E-state index is -0.0403. The molecule has 0 saturated carbocycles. The zero-order valence-electron chi connectivity index (χ0n) is 41.5. The van der Waals surface area contributed by atoms with Crippen LogP contribution in [0, 0.1) is 17.8 Å². The largest absolute Gasteiger partial charge is 0.465 e. The average Bonchev–Trinajstić information content (AvgIpc) is 3.26. The van der Waals surface area contributed by atoms with Crippen molar-refractivity contribution in [2.75, 3.05) is 26.9 Å². The molecule has 1 amide bonds. The molecule has 0 spiro atoms. The van der Waals surface area contributed by atoms with E-state index in [1.165, 1.54) is 38.5 Å². The zero-order valence-corrected chi connectivity index (χ0v) is 41.5. The highest BCUT2D eigenvalue weighted by Gasteiger charge is 2.20. The van der Waals surface area contributed by atoms with Gasteiger partial charge in [-0.15, -0.1) is 0 Å². The maximum atomic E-state index is 13.4. The van der Waals surface area contributed by atoms with Crippen LogP contribution in [0.25, 0.3) is 0 Å². The summed E-state index contributed by atoms with van der Waals surface area (Å²) in [6, 6.07) is 0.280. The predicted octanol–water partition coefficient (Wildman–Crippen LogP) is 15.1. The van der Waals surface area contributed by atoms with E-state index in [1.54, 1.807) is 0 Å². The molecule has 0 fully saturated rings. The normalized spacial score (nSPS) is 13.4. The Morgan fingerprint density at radius 1 is 0.410 bits per heavy atom. The Hall–Kier alpha value is -2.12. The van der Waals surface area contributed by atoms with Gasteiger partial charge in [-0.3, -0.25) is 19.2 Å². The van der Waals surface area contributed by atoms with Gasteiger partial charge in [0.2, 0.25) is 5.91 Å². The summed E-state index contributed by atoms with van der Waals surface area (Å²) in [7, 11) is 2.02. The number of hydrogen-bond donors (Lipinski definition) is 0. The molecule has 0 aromatic heterocycles. The van der Waals surface area contributed by atoms with Crippen LogP contribution in [0.2, 0.25) is 0 Å². The zero-order chi connectivity index (χ0) is 45.2. The molecular formula is C53H101NO7. The summed E-state index contributed by atoms with van der Waals surface area (Å²) < 4.78 is 16.7. The van der Waals surface area contributed by atoms with E-state index in [0.717, 1.165) is 167 Å². The third-order valence-electron chi connectivity index (χ3n) is 13.1. The van der Waals surface area contributed by atoms with Gasteiger partial charge in [0, 0.05) is 32.4 Å². The lowest BCUT2D eigenvalue weighted by Gasteiger charge is -2.29. The fourth-order valence-electron chi connectivity index (χ4n) is 8.30. The van der Waals surface area contributed by atoms with E-state index in [4.69, 9.17) is 14.2 Å². The molecule has 0 heterocycles. The van der Waals surface area contributed by atoms with E-state index in [2.05, 4.69) is 46.4 Å². The number of rotatable bonds is 45. The molecule has 0 radical (unpaired) electrons. The summed E-state index contributed by atoms with van der Waals surface area (Å²) in [4.78, 5) is 52.3. The minimum absolute atomic E-state index is 0.0231. The summed E-state index contributed by atoms with van der Waals surface area (Å²) in [6.45, 7) is 14.7. The maximum absolute atomic E-state index is 13.4. The molecule has 61 heavy (non-hydrogen) atoms. The van der Waals surface area contributed by atoms with Gasteiger partial charge < -0.3 is 19.1 Å². The van der Waals surface area contributed by atoms with Gasteiger partial charge in [0.15, 0.2) is 0 Å². The van der Waals surface area contributed by atoms with Crippen molar-refractivity contribution < 1.29 is 33.4 Å². The van der Waals surface area contributed by atoms with Crippen LogP contribution < -0.4 is 0 Å². The first kappa shape index (κ1) is 58.9. The Morgan fingerprint density at radius 3 is 1.23 bits per heavy atom. The number of nitrogens with zero attached hydrogens (tertiary/aromatic N) is 1. The van der Waals surface area contributed by atoms with Crippen LogP contribution >= 0.6 is 0 Å². The molecule has 0 rings (SSSR count). The van der Waals surface area contributed by atoms with Crippen LogP contribution in [0.5, 0.6) is 0 Å². The molecular weight excluding hydrogens is 763 g/mol. The molecule has 0 aromatic carbocycles. The molecule has 0 bridgehead atoms. The fourth-order valence-corrected chi connectivity index (χ4v) is 8.30. The number of esters is 3. The first-order chi connectivity index (χ1) is 29.7. The van der Waals surface area contributed by atoms with Gasteiger partial charge in [-0.2, -0.15) is 0 Å². The van der Waals surface area contributed by atoms with Crippen molar-refractivity contribution >= 4 is 23.8 Å². The first-order valence-corrected chi connectivity index (χ1v) is 26.4. The van der Waals surface area contributed by atoms with Crippen LogP contribution in [-0.4, -0.2) is 61.6 Å². The molecule has 360 valence electrons. The standard InChI is InChI=1S/C53H101NO7/c1-8-14-35-46(11-4)44-60-51(56)41-32-26-19-17-23-29-38-49(39-30-24-18-20-27-33-42-52(57)61-45-47(12-5)36-15-9-2)54(7)50(55)40-31-25-21-22-28-34-43-59-53(58)48(13-6)37-16-10-3/h46-49H,8-45H2,1-7H3. The summed E-state index contributed by atoms with van der Waals surface area (Å²) in [6.07, 6.45) is 36.3. The van der Waals surface area contributed by atoms with Gasteiger partial charge in [0.1, 0.15) is 0 Å². The highest BCUT2D eigenvalue weighted by Crippen LogP contribution is 2.21. The Morgan fingerprint density at radius 2 is 0.803 bits per heavy atom. The fraction of sp³-hybridized carbons (Fsp3) is 0.925. The Labute approximate surface area is 377 Å². The van der Waals surface area contributed by atoms with E-state index in [1.807, 2.05) is 7.05 Å². The lowest BCUT2D eigenvalue weighted by Crippen LogP contribution is -2.37. The number of ether oxygens (including phenoxy) is 3. The molecule has 3 atom stereocenters. The first-order valence-electron chi connectivity index (χ1n) is 26.4. The Balaban J connectivity index is 4.59. The Kier molecular flexibility index (Phi) is 41.6. The van der Waals surface area contributed by atoms with Crippen LogP contribution in [0.1, 0.15) is 266 Å². The number of amides is 1. The second kappa shape index (κ2) is 43.1. The molecule has 3 unspecified atom stereocenters. The number of carbonyl (C=O) groups is 4. The summed E-state index contributed by atoms with van der Waals surface area (Å²) in [5.74, 6) is 1.21. The van der Waals surface area contributed by atoms with Crippen LogP contribution in [0.3, 0.4) is 0 Å². The Bertz CT molecular complexity index is 986.